The Hall–Kier alpha value is -1.79. The van der Waals surface area contributed by atoms with E-state index < -0.39 is 0 Å². The molecule has 5 nitrogen and oxygen atoms in total. The highest BCUT2D eigenvalue weighted by atomic mass is 35.5. The van der Waals surface area contributed by atoms with Crippen LogP contribution in [0.2, 0.25) is 10.0 Å². The largest absolute Gasteiger partial charge is 0.490 e. The van der Waals surface area contributed by atoms with E-state index >= 15 is 0 Å². The molecule has 0 saturated carbocycles. The van der Waals surface area contributed by atoms with Crippen molar-refractivity contribution >= 4 is 29.2 Å². The van der Waals surface area contributed by atoms with Crippen molar-refractivity contribution in [1.29, 1.82) is 0 Å². The number of carbonyl (C=O) groups is 1. The van der Waals surface area contributed by atoms with Gasteiger partial charge in [0.1, 0.15) is 17.9 Å². The predicted molar refractivity (Wildman–Crippen MR) is 142 cm³/mol. The molecule has 2 saturated heterocycles. The van der Waals surface area contributed by atoms with Gasteiger partial charge in [-0.2, -0.15) is 0 Å². The standard InChI is InChI=1S/C28H36Cl2N2O3/c1-20-3-5-21(6-4-20)17-27(28(33)34-2)32-15-9-22(10-16-32)19-31-13-11-23(12-14-31)35-24-7-8-25(29)26(30)18-24/h3-8,18,22-23,27H,9-17,19H2,1-2H3. The van der Waals surface area contributed by atoms with Crippen molar-refractivity contribution in [3.8, 4) is 5.75 Å². The fourth-order valence-corrected chi connectivity index (χ4v) is 5.50. The lowest BCUT2D eigenvalue weighted by atomic mass is 9.93. The van der Waals surface area contributed by atoms with Gasteiger partial charge in [0, 0.05) is 25.7 Å². The second kappa shape index (κ2) is 12.4. The molecule has 35 heavy (non-hydrogen) atoms. The maximum Gasteiger partial charge on any atom is 0.323 e. The van der Waals surface area contributed by atoms with E-state index in [1.54, 1.807) is 12.1 Å². The third-order valence-corrected chi connectivity index (χ3v) is 8.10. The van der Waals surface area contributed by atoms with Crippen molar-refractivity contribution in [2.24, 2.45) is 5.92 Å². The molecule has 190 valence electrons. The molecule has 1 unspecified atom stereocenters. The lowest BCUT2D eigenvalue weighted by molar-refractivity contribution is -0.147. The lowest BCUT2D eigenvalue weighted by Gasteiger charge is -2.39. The Morgan fingerprint density at radius 2 is 1.66 bits per heavy atom. The zero-order chi connectivity index (χ0) is 24.8. The zero-order valence-corrected chi connectivity index (χ0v) is 22.2. The van der Waals surface area contributed by atoms with E-state index in [0.29, 0.717) is 22.4 Å². The fraction of sp³-hybridized carbons (Fsp3) is 0.536. The van der Waals surface area contributed by atoms with Crippen LogP contribution in [-0.2, 0) is 16.0 Å². The Morgan fingerprint density at radius 3 is 2.29 bits per heavy atom. The first-order valence-electron chi connectivity index (χ1n) is 12.6. The molecule has 2 aromatic rings. The van der Waals surface area contributed by atoms with Crippen molar-refractivity contribution in [2.45, 2.75) is 51.2 Å². The van der Waals surface area contributed by atoms with Crippen LogP contribution >= 0.6 is 23.2 Å². The van der Waals surface area contributed by atoms with Gasteiger partial charge >= 0.3 is 5.97 Å². The van der Waals surface area contributed by atoms with Crippen LogP contribution in [-0.4, -0.2) is 67.7 Å². The Morgan fingerprint density at radius 1 is 0.971 bits per heavy atom. The van der Waals surface area contributed by atoms with Crippen LogP contribution in [0.3, 0.4) is 0 Å². The Balaban J connectivity index is 1.22. The first-order chi connectivity index (χ1) is 16.9. The molecule has 0 aliphatic carbocycles. The van der Waals surface area contributed by atoms with E-state index in [2.05, 4.69) is 41.0 Å². The third kappa shape index (κ3) is 7.36. The summed E-state index contributed by atoms with van der Waals surface area (Å²) in [6.45, 7) is 7.17. The quantitative estimate of drug-likeness (QED) is 0.423. The number of halogens is 2. The van der Waals surface area contributed by atoms with E-state index in [9.17, 15) is 4.79 Å². The summed E-state index contributed by atoms with van der Waals surface area (Å²) in [6, 6.07) is 13.7. The molecule has 1 atom stereocenters. The molecular weight excluding hydrogens is 483 g/mol. The molecule has 2 aliphatic heterocycles. The number of hydrogen-bond donors (Lipinski definition) is 0. The van der Waals surface area contributed by atoms with Crippen LogP contribution in [0.4, 0.5) is 0 Å². The van der Waals surface area contributed by atoms with Gasteiger partial charge in [-0.1, -0.05) is 53.0 Å². The molecule has 4 rings (SSSR count). The van der Waals surface area contributed by atoms with Gasteiger partial charge in [-0.15, -0.1) is 0 Å². The minimum absolute atomic E-state index is 0.131. The number of piperidine rings is 2. The highest BCUT2D eigenvalue weighted by Crippen LogP contribution is 2.29. The molecule has 0 amide bonds. The van der Waals surface area contributed by atoms with Gasteiger partial charge in [-0.05, 0) is 75.7 Å². The van der Waals surface area contributed by atoms with Crippen molar-refractivity contribution in [3.63, 3.8) is 0 Å². The van der Waals surface area contributed by atoms with Gasteiger partial charge in [-0.25, -0.2) is 0 Å². The SMILES string of the molecule is COC(=O)C(Cc1ccc(C)cc1)N1CCC(CN2CCC(Oc3ccc(Cl)c(Cl)c3)CC2)CC1. The summed E-state index contributed by atoms with van der Waals surface area (Å²) in [5.74, 6) is 1.32. The van der Waals surface area contributed by atoms with Crippen LogP contribution in [0.5, 0.6) is 5.75 Å². The van der Waals surface area contributed by atoms with Gasteiger partial charge in [0.2, 0.25) is 0 Å². The number of esters is 1. The number of nitrogens with zero attached hydrogens (tertiary/aromatic N) is 2. The molecule has 0 radical (unpaired) electrons. The molecule has 2 heterocycles. The molecule has 2 fully saturated rings. The Kier molecular flexibility index (Phi) is 9.34. The van der Waals surface area contributed by atoms with Gasteiger partial charge in [-0.3, -0.25) is 9.69 Å². The number of carbonyl (C=O) groups excluding carboxylic acids is 1. The molecule has 0 bridgehead atoms. The average Bonchev–Trinajstić information content (AvgIpc) is 2.87. The van der Waals surface area contributed by atoms with Crippen LogP contribution < -0.4 is 4.74 Å². The molecule has 2 aliphatic rings. The summed E-state index contributed by atoms with van der Waals surface area (Å²) in [7, 11) is 1.49. The Bertz CT molecular complexity index is 969. The average molecular weight is 520 g/mol. The number of likely N-dealkylation sites (tertiary alicyclic amines) is 2. The van der Waals surface area contributed by atoms with E-state index in [1.165, 1.54) is 18.2 Å². The van der Waals surface area contributed by atoms with Gasteiger partial charge in [0.05, 0.1) is 17.2 Å². The highest BCUT2D eigenvalue weighted by Gasteiger charge is 2.32. The number of rotatable bonds is 8. The minimum atomic E-state index is -0.210. The second-order valence-electron chi connectivity index (χ2n) is 9.90. The molecule has 7 heteroatoms. The molecule has 0 N–H and O–H groups in total. The first kappa shape index (κ1) is 26.3. The van der Waals surface area contributed by atoms with E-state index in [4.69, 9.17) is 32.7 Å². The number of ether oxygens (including phenoxy) is 2. The third-order valence-electron chi connectivity index (χ3n) is 7.36. The van der Waals surface area contributed by atoms with Crippen LogP contribution in [0.15, 0.2) is 42.5 Å². The van der Waals surface area contributed by atoms with Crippen LogP contribution in [0.25, 0.3) is 0 Å². The summed E-state index contributed by atoms with van der Waals surface area (Å²) in [5, 5.41) is 1.08. The van der Waals surface area contributed by atoms with E-state index in [0.717, 1.165) is 64.2 Å². The summed E-state index contributed by atoms with van der Waals surface area (Å²) in [6.07, 6.45) is 5.17. The van der Waals surface area contributed by atoms with Crippen molar-refractivity contribution in [3.05, 3.63) is 63.6 Å². The molecule has 0 aromatic heterocycles. The van der Waals surface area contributed by atoms with Crippen LogP contribution in [0, 0.1) is 12.8 Å². The van der Waals surface area contributed by atoms with Crippen molar-refractivity contribution < 1.29 is 14.3 Å². The van der Waals surface area contributed by atoms with Gasteiger partial charge in [0.25, 0.3) is 0 Å². The monoisotopic (exact) mass is 518 g/mol. The predicted octanol–water partition coefficient (Wildman–Crippen LogP) is 5.64. The van der Waals surface area contributed by atoms with E-state index in [-0.39, 0.29) is 18.1 Å². The topological polar surface area (TPSA) is 42.0 Å². The molecular formula is C28H36Cl2N2O3. The fourth-order valence-electron chi connectivity index (χ4n) is 5.21. The number of methoxy groups -OCH3 is 1. The zero-order valence-electron chi connectivity index (χ0n) is 20.7. The normalized spacial score (nSPS) is 19.4. The van der Waals surface area contributed by atoms with Gasteiger partial charge < -0.3 is 14.4 Å². The lowest BCUT2D eigenvalue weighted by Crippen LogP contribution is -2.49. The van der Waals surface area contributed by atoms with Gasteiger partial charge in [0.15, 0.2) is 0 Å². The summed E-state index contributed by atoms with van der Waals surface area (Å²) in [5.41, 5.74) is 2.41. The smallest absolute Gasteiger partial charge is 0.323 e. The first-order valence-corrected chi connectivity index (χ1v) is 13.4. The summed E-state index contributed by atoms with van der Waals surface area (Å²) in [4.78, 5) is 17.5. The number of hydrogen-bond acceptors (Lipinski definition) is 5. The van der Waals surface area contributed by atoms with E-state index in [1.807, 2.05) is 6.07 Å². The highest BCUT2D eigenvalue weighted by molar-refractivity contribution is 6.42. The maximum atomic E-state index is 12.6. The molecule has 0 spiro atoms. The maximum absolute atomic E-state index is 12.6. The van der Waals surface area contributed by atoms with Crippen LogP contribution in [0.1, 0.15) is 36.8 Å². The molecule has 2 aromatic carbocycles. The number of aryl methyl sites for hydroxylation is 1. The van der Waals surface area contributed by atoms with Crippen molar-refractivity contribution in [1.82, 2.24) is 9.80 Å². The minimum Gasteiger partial charge on any atom is -0.490 e. The van der Waals surface area contributed by atoms with Crippen molar-refractivity contribution in [2.75, 3.05) is 39.8 Å². The summed E-state index contributed by atoms with van der Waals surface area (Å²) < 4.78 is 11.3. The Labute approximate surface area is 219 Å². The number of benzene rings is 2. The summed E-state index contributed by atoms with van der Waals surface area (Å²) >= 11 is 12.1. The second-order valence-corrected chi connectivity index (χ2v) is 10.7.